The molecule has 2 atom stereocenters. The molecule has 2 aliphatic rings. The van der Waals surface area contributed by atoms with Gasteiger partial charge in [-0.15, -0.1) is 0 Å². The van der Waals surface area contributed by atoms with Crippen molar-refractivity contribution in [3.05, 3.63) is 111 Å². The van der Waals surface area contributed by atoms with Gasteiger partial charge in [0.25, 0.3) is 17.4 Å². The third-order valence-corrected chi connectivity index (χ3v) is 6.49. The minimum absolute atomic E-state index is 0.0179. The van der Waals surface area contributed by atoms with E-state index in [1.807, 2.05) is 6.07 Å². The number of nitrogens with one attached hydrogen (secondary N) is 1. The zero-order valence-electron chi connectivity index (χ0n) is 18.5. The summed E-state index contributed by atoms with van der Waals surface area (Å²) >= 11 is 0. The molecule has 1 N–H and O–H groups in total. The molecule has 2 bridgehead atoms. The van der Waals surface area contributed by atoms with Crippen LogP contribution in [0.5, 0.6) is 0 Å². The van der Waals surface area contributed by atoms with Crippen LogP contribution in [0.15, 0.2) is 83.3 Å². The molecule has 172 valence electrons. The summed E-state index contributed by atoms with van der Waals surface area (Å²) in [4.78, 5) is 40.5. The number of pyridine rings is 1. The highest BCUT2D eigenvalue weighted by Crippen LogP contribution is 2.35. The number of amides is 2. The minimum Gasteiger partial charge on any atom is -0.336 e. The van der Waals surface area contributed by atoms with Gasteiger partial charge in [0.05, 0.1) is 0 Å². The normalized spacial score (nSPS) is 19.3. The molecule has 3 heterocycles. The van der Waals surface area contributed by atoms with Crippen LogP contribution < -0.4 is 10.9 Å². The zero-order chi connectivity index (χ0) is 23.7. The quantitative estimate of drug-likeness (QED) is 0.611. The second-order valence-corrected chi connectivity index (χ2v) is 8.81. The standard InChI is InChI=1S/C27H24FN3O3/c28-22-10-5-4-9-20(22)14-23(29-26(33)19-7-2-1-3-8-19)27(34)30-15-18-13-21(17-30)24-11-6-12-25(32)31(24)16-18/h1-12,14,18,21H,13,15-17H2,(H,29,33)/b23-14-/t18-,21+/m0/s1. The summed E-state index contributed by atoms with van der Waals surface area (Å²) in [6.45, 7) is 1.44. The number of piperidine rings is 1. The van der Waals surface area contributed by atoms with E-state index in [0.717, 1.165) is 12.1 Å². The van der Waals surface area contributed by atoms with Gasteiger partial charge in [-0.3, -0.25) is 14.4 Å². The fourth-order valence-electron chi connectivity index (χ4n) is 4.92. The lowest BCUT2D eigenvalue weighted by molar-refractivity contribution is -0.130. The first-order valence-electron chi connectivity index (χ1n) is 11.3. The van der Waals surface area contributed by atoms with E-state index >= 15 is 0 Å². The number of rotatable bonds is 4. The number of hydrogen-bond donors (Lipinski definition) is 1. The third kappa shape index (κ3) is 4.29. The van der Waals surface area contributed by atoms with Crippen LogP contribution in [0.3, 0.4) is 0 Å². The molecule has 0 saturated carbocycles. The lowest BCUT2D eigenvalue weighted by Crippen LogP contribution is -2.50. The molecule has 34 heavy (non-hydrogen) atoms. The first-order chi connectivity index (χ1) is 16.5. The summed E-state index contributed by atoms with van der Waals surface area (Å²) in [5.41, 5.74) is 1.53. The van der Waals surface area contributed by atoms with Crippen molar-refractivity contribution >= 4 is 17.9 Å². The van der Waals surface area contributed by atoms with Crippen LogP contribution in [0.25, 0.3) is 6.08 Å². The van der Waals surface area contributed by atoms with Crippen molar-refractivity contribution in [3.63, 3.8) is 0 Å². The Hall–Kier alpha value is -4.00. The number of halogens is 1. The van der Waals surface area contributed by atoms with E-state index in [-0.39, 0.29) is 34.6 Å². The van der Waals surface area contributed by atoms with Crippen LogP contribution >= 0.6 is 0 Å². The highest BCUT2D eigenvalue weighted by molar-refractivity contribution is 6.05. The SMILES string of the molecule is O=C(N/C(=C\c1ccccc1F)C(=O)N1C[C@@H]2C[C@H](C1)c1cccc(=O)n1C2)c1ccccc1. The van der Waals surface area contributed by atoms with Crippen molar-refractivity contribution in [3.8, 4) is 0 Å². The molecule has 1 fully saturated rings. The maximum atomic E-state index is 14.4. The minimum atomic E-state index is -0.481. The molecule has 5 rings (SSSR count). The number of hydrogen-bond acceptors (Lipinski definition) is 3. The lowest BCUT2D eigenvalue weighted by atomic mass is 9.83. The molecule has 7 heteroatoms. The van der Waals surface area contributed by atoms with Crippen LogP contribution in [-0.4, -0.2) is 34.4 Å². The Morgan fingerprint density at radius 3 is 2.47 bits per heavy atom. The summed E-state index contributed by atoms with van der Waals surface area (Å²) in [5, 5.41) is 2.71. The first-order valence-corrected chi connectivity index (χ1v) is 11.3. The van der Waals surface area contributed by atoms with Crippen molar-refractivity contribution in [2.75, 3.05) is 13.1 Å². The molecule has 1 aromatic heterocycles. The number of likely N-dealkylation sites (tertiary alicyclic amines) is 1. The topological polar surface area (TPSA) is 71.4 Å². The van der Waals surface area contributed by atoms with E-state index in [4.69, 9.17) is 0 Å². The average molecular weight is 458 g/mol. The second kappa shape index (κ2) is 9.09. The fraction of sp³-hybridized carbons (Fsp3) is 0.222. The van der Waals surface area contributed by atoms with Crippen molar-refractivity contribution in [1.29, 1.82) is 0 Å². The van der Waals surface area contributed by atoms with Gasteiger partial charge >= 0.3 is 0 Å². The van der Waals surface area contributed by atoms with E-state index in [1.54, 1.807) is 70.1 Å². The summed E-state index contributed by atoms with van der Waals surface area (Å²) < 4.78 is 16.2. The van der Waals surface area contributed by atoms with Gasteiger partial charge in [-0.25, -0.2) is 4.39 Å². The van der Waals surface area contributed by atoms with E-state index in [1.165, 1.54) is 12.1 Å². The Labute approximate surface area is 196 Å². The Kier molecular flexibility index (Phi) is 5.84. The van der Waals surface area contributed by atoms with E-state index in [9.17, 15) is 18.8 Å². The molecule has 3 aromatic rings. The van der Waals surface area contributed by atoms with Crippen molar-refractivity contribution in [1.82, 2.24) is 14.8 Å². The highest BCUT2D eigenvalue weighted by Gasteiger charge is 2.37. The summed E-state index contributed by atoms with van der Waals surface area (Å²) in [6.07, 6.45) is 2.29. The van der Waals surface area contributed by atoms with Gasteiger partial charge in [-0.1, -0.05) is 42.5 Å². The molecule has 0 unspecified atom stereocenters. The molecular formula is C27H24FN3O3. The number of fused-ring (bicyclic) bond motifs is 4. The molecule has 0 spiro atoms. The van der Waals surface area contributed by atoms with Gasteiger partial charge in [0.1, 0.15) is 11.5 Å². The van der Waals surface area contributed by atoms with Gasteiger partial charge in [0, 0.05) is 48.4 Å². The van der Waals surface area contributed by atoms with Gasteiger partial charge in [0.2, 0.25) is 0 Å². The molecule has 1 saturated heterocycles. The van der Waals surface area contributed by atoms with Gasteiger partial charge in [-0.05, 0) is 42.7 Å². The van der Waals surface area contributed by atoms with E-state index in [0.29, 0.717) is 25.2 Å². The van der Waals surface area contributed by atoms with E-state index in [2.05, 4.69) is 5.32 Å². The second-order valence-electron chi connectivity index (χ2n) is 8.81. The van der Waals surface area contributed by atoms with E-state index < -0.39 is 11.7 Å². The average Bonchev–Trinajstić information content (AvgIpc) is 2.85. The zero-order valence-corrected chi connectivity index (χ0v) is 18.5. The molecular weight excluding hydrogens is 433 g/mol. The van der Waals surface area contributed by atoms with Crippen LogP contribution in [0, 0.1) is 11.7 Å². The van der Waals surface area contributed by atoms with Gasteiger partial charge < -0.3 is 14.8 Å². The van der Waals surface area contributed by atoms with Crippen molar-refractivity contribution in [2.45, 2.75) is 18.9 Å². The molecule has 0 radical (unpaired) electrons. The maximum absolute atomic E-state index is 14.4. The monoisotopic (exact) mass is 457 g/mol. The van der Waals surface area contributed by atoms with Crippen LogP contribution in [0.2, 0.25) is 0 Å². The predicted molar refractivity (Wildman–Crippen MR) is 126 cm³/mol. The number of carbonyl (C=O) groups excluding carboxylic acids is 2. The summed E-state index contributed by atoms with van der Waals surface area (Å²) in [6, 6.07) is 19.9. The lowest BCUT2D eigenvalue weighted by Gasteiger charge is -2.43. The molecule has 0 aliphatic carbocycles. The van der Waals surface area contributed by atoms with Crippen LogP contribution in [-0.2, 0) is 11.3 Å². The third-order valence-electron chi connectivity index (χ3n) is 6.49. The number of carbonyl (C=O) groups is 2. The maximum Gasteiger partial charge on any atom is 0.270 e. The Morgan fingerprint density at radius 2 is 1.68 bits per heavy atom. The largest absolute Gasteiger partial charge is 0.336 e. The smallest absolute Gasteiger partial charge is 0.270 e. The number of benzene rings is 2. The van der Waals surface area contributed by atoms with Gasteiger partial charge in [0.15, 0.2) is 0 Å². The number of nitrogens with zero attached hydrogens (tertiary/aromatic N) is 2. The predicted octanol–water partition coefficient (Wildman–Crippen LogP) is 3.40. The Morgan fingerprint density at radius 1 is 0.912 bits per heavy atom. The Balaban J connectivity index is 1.45. The molecule has 2 aromatic carbocycles. The van der Waals surface area contributed by atoms with Crippen LogP contribution in [0.4, 0.5) is 4.39 Å². The Bertz CT molecular complexity index is 1330. The summed E-state index contributed by atoms with van der Waals surface area (Å²) in [7, 11) is 0. The number of aromatic nitrogens is 1. The van der Waals surface area contributed by atoms with Crippen molar-refractivity contribution in [2.24, 2.45) is 5.92 Å². The molecule has 2 aliphatic heterocycles. The van der Waals surface area contributed by atoms with Crippen molar-refractivity contribution < 1.29 is 14.0 Å². The molecule has 6 nitrogen and oxygen atoms in total. The van der Waals surface area contributed by atoms with Gasteiger partial charge in [-0.2, -0.15) is 0 Å². The fourth-order valence-corrected chi connectivity index (χ4v) is 4.92. The van der Waals surface area contributed by atoms with Crippen LogP contribution in [0.1, 0.15) is 34.0 Å². The summed E-state index contributed by atoms with van der Waals surface area (Å²) in [5.74, 6) is -1.12. The molecule has 2 amide bonds. The highest BCUT2D eigenvalue weighted by atomic mass is 19.1. The first kappa shape index (κ1) is 21.8.